The highest BCUT2D eigenvalue weighted by atomic mass is 79.9. The summed E-state index contributed by atoms with van der Waals surface area (Å²) in [6.45, 7) is 0. The predicted molar refractivity (Wildman–Crippen MR) is 61.4 cm³/mol. The number of amides is 1. The van der Waals surface area contributed by atoms with Crippen LogP contribution in [-0.4, -0.2) is 16.1 Å². The van der Waals surface area contributed by atoms with Gasteiger partial charge in [0.15, 0.2) is 0 Å². The summed E-state index contributed by atoms with van der Waals surface area (Å²) in [5.74, 6) is 1.98. The van der Waals surface area contributed by atoms with E-state index in [1.165, 1.54) is 0 Å². The summed E-state index contributed by atoms with van der Waals surface area (Å²) in [6, 6.07) is 5.51. The molecule has 0 atom stereocenters. The van der Waals surface area contributed by atoms with Gasteiger partial charge in [-0.25, -0.2) is 0 Å². The van der Waals surface area contributed by atoms with Crippen LogP contribution in [0.25, 0.3) is 10.9 Å². The molecule has 0 radical (unpaired) electrons. The lowest BCUT2D eigenvalue weighted by molar-refractivity contribution is -0.111. The van der Waals surface area contributed by atoms with E-state index in [-0.39, 0.29) is 5.91 Å². The van der Waals surface area contributed by atoms with Crippen LogP contribution in [0.3, 0.4) is 0 Å². The van der Waals surface area contributed by atoms with Gasteiger partial charge in [-0.1, -0.05) is 6.07 Å². The first-order chi connectivity index (χ1) is 7.31. The minimum atomic E-state index is -0.361. The van der Waals surface area contributed by atoms with Crippen molar-refractivity contribution < 1.29 is 4.79 Å². The minimum Gasteiger partial charge on any atom is -0.314 e. The van der Waals surface area contributed by atoms with Crippen LogP contribution < -0.4 is 5.32 Å². The molecule has 74 valence electrons. The summed E-state index contributed by atoms with van der Waals surface area (Å²) in [5, 5.41) is 10.2. The fraction of sp³-hybridized carbons (Fsp3) is 0. The molecule has 0 saturated carbocycles. The summed E-state index contributed by atoms with van der Waals surface area (Å²) in [6.07, 6.45) is 1.66. The summed E-state index contributed by atoms with van der Waals surface area (Å²) in [7, 11) is 0. The highest BCUT2D eigenvalue weighted by Gasteiger charge is 2.04. The van der Waals surface area contributed by atoms with Crippen LogP contribution in [0.4, 0.5) is 5.69 Å². The molecule has 1 aromatic heterocycles. The predicted octanol–water partition coefficient (Wildman–Crippen LogP) is 1.86. The van der Waals surface area contributed by atoms with Gasteiger partial charge >= 0.3 is 5.91 Å². The van der Waals surface area contributed by atoms with Crippen LogP contribution >= 0.6 is 15.9 Å². The highest BCUT2D eigenvalue weighted by molar-refractivity contribution is 9.12. The standard InChI is InChI=1S/C10H6BrN3O/c11-5-4-10(15)13-8-2-1-3-9-7(8)6-12-14-9/h1-3,6H,(H,12,14)(H,13,15). The van der Waals surface area contributed by atoms with E-state index in [4.69, 9.17) is 0 Å². The van der Waals surface area contributed by atoms with E-state index < -0.39 is 0 Å². The van der Waals surface area contributed by atoms with E-state index in [1.807, 2.05) is 12.1 Å². The van der Waals surface area contributed by atoms with Crippen LogP contribution in [0.15, 0.2) is 24.4 Å². The molecule has 15 heavy (non-hydrogen) atoms. The van der Waals surface area contributed by atoms with Crippen LogP contribution in [-0.2, 0) is 4.79 Å². The van der Waals surface area contributed by atoms with Crippen molar-refractivity contribution in [1.29, 1.82) is 0 Å². The topological polar surface area (TPSA) is 57.8 Å². The van der Waals surface area contributed by atoms with Gasteiger partial charge in [0.05, 0.1) is 17.4 Å². The van der Waals surface area contributed by atoms with Crippen molar-refractivity contribution in [2.75, 3.05) is 5.32 Å². The molecule has 0 bridgehead atoms. The average Bonchev–Trinajstić information content (AvgIpc) is 2.67. The smallest absolute Gasteiger partial charge is 0.301 e. The molecule has 4 nitrogen and oxygen atoms in total. The van der Waals surface area contributed by atoms with Gasteiger partial charge in [0.2, 0.25) is 0 Å². The van der Waals surface area contributed by atoms with Crippen LogP contribution in [0, 0.1) is 10.8 Å². The van der Waals surface area contributed by atoms with E-state index in [0.717, 1.165) is 10.9 Å². The lowest BCUT2D eigenvalue weighted by atomic mass is 10.2. The van der Waals surface area contributed by atoms with Gasteiger partial charge in [-0.15, -0.1) is 0 Å². The van der Waals surface area contributed by atoms with Crippen molar-refractivity contribution in [3.63, 3.8) is 0 Å². The number of anilines is 1. The van der Waals surface area contributed by atoms with E-state index in [2.05, 4.69) is 42.2 Å². The Labute approximate surface area is 94.2 Å². The van der Waals surface area contributed by atoms with Gasteiger partial charge < -0.3 is 5.32 Å². The maximum absolute atomic E-state index is 11.2. The van der Waals surface area contributed by atoms with Gasteiger partial charge in [-0.3, -0.25) is 9.89 Å². The summed E-state index contributed by atoms with van der Waals surface area (Å²) in [4.78, 5) is 13.6. The molecule has 2 N–H and O–H groups in total. The minimum absolute atomic E-state index is 0.361. The number of halogens is 1. The molecule has 0 fully saturated rings. The number of carbonyl (C=O) groups excluding carboxylic acids is 1. The molecule has 5 heteroatoms. The molecule has 0 aliphatic rings. The molecule has 0 aliphatic heterocycles. The largest absolute Gasteiger partial charge is 0.314 e. The lowest BCUT2D eigenvalue weighted by Gasteiger charge is -2.01. The quantitative estimate of drug-likeness (QED) is 0.772. The third-order valence-electron chi connectivity index (χ3n) is 1.89. The molecule has 2 aromatic rings. The number of nitrogens with one attached hydrogen (secondary N) is 2. The SMILES string of the molecule is O=C(C#CBr)Nc1cccc2[nH]ncc12. The number of fused-ring (bicyclic) bond motifs is 1. The number of aromatic nitrogens is 2. The van der Waals surface area contributed by atoms with Gasteiger partial charge in [0, 0.05) is 27.2 Å². The Morgan fingerprint density at radius 1 is 1.53 bits per heavy atom. The molecule has 0 saturated heterocycles. The average molecular weight is 264 g/mol. The zero-order valence-corrected chi connectivity index (χ0v) is 9.13. The zero-order valence-electron chi connectivity index (χ0n) is 7.54. The van der Waals surface area contributed by atoms with E-state index in [1.54, 1.807) is 12.3 Å². The number of hydrogen-bond acceptors (Lipinski definition) is 2. The first kappa shape index (κ1) is 9.74. The van der Waals surface area contributed by atoms with Crippen molar-refractivity contribution >= 4 is 38.4 Å². The second-order valence-corrected chi connectivity index (χ2v) is 3.21. The van der Waals surface area contributed by atoms with E-state index in [9.17, 15) is 4.79 Å². The number of H-pyrrole nitrogens is 1. The van der Waals surface area contributed by atoms with Gasteiger partial charge in [-0.2, -0.15) is 5.10 Å². The molecule has 1 aromatic carbocycles. The number of nitrogens with zero attached hydrogens (tertiary/aromatic N) is 1. The van der Waals surface area contributed by atoms with E-state index in [0.29, 0.717) is 5.69 Å². The Morgan fingerprint density at radius 3 is 3.20 bits per heavy atom. The molecule has 2 rings (SSSR count). The first-order valence-corrected chi connectivity index (χ1v) is 4.95. The maximum Gasteiger partial charge on any atom is 0.301 e. The highest BCUT2D eigenvalue weighted by Crippen LogP contribution is 2.20. The number of hydrogen-bond donors (Lipinski definition) is 2. The van der Waals surface area contributed by atoms with Crippen molar-refractivity contribution in [1.82, 2.24) is 10.2 Å². The molecule has 0 spiro atoms. The molecule has 0 aliphatic carbocycles. The number of benzene rings is 1. The molecule has 1 heterocycles. The number of aromatic amines is 1. The number of carbonyl (C=O) groups is 1. The Kier molecular flexibility index (Phi) is 2.70. The second-order valence-electron chi connectivity index (χ2n) is 2.81. The van der Waals surface area contributed by atoms with Gasteiger partial charge in [0.1, 0.15) is 0 Å². The Bertz CT molecular complexity index is 565. The second kappa shape index (κ2) is 4.15. The Balaban J connectivity index is 2.38. The first-order valence-electron chi connectivity index (χ1n) is 4.16. The number of rotatable bonds is 1. The molecular weight excluding hydrogens is 258 g/mol. The van der Waals surface area contributed by atoms with Crippen LogP contribution in [0.1, 0.15) is 0 Å². The van der Waals surface area contributed by atoms with E-state index >= 15 is 0 Å². The van der Waals surface area contributed by atoms with Gasteiger partial charge in [-0.05, 0) is 17.0 Å². The lowest BCUT2D eigenvalue weighted by Crippen LogP contribution is -2.08. The summed E-state index contributed by atoms with van der Waals surface area (Å²) < 4.78 is 0. The van der Waals surface area contributed by atoms with Gasteiger partial charge in [0.25, 0.3) is 0 Å². The fourth-order valence-corrected chi connectivity index (χ4v) is 1.45. The summed E-state index contributed by atoms with van der Waals surface area (Å²) >= 11 is 2.87. The van der Waals surface area contributed by atoms with Crippen molar-refractivity contribution in [2.24, 2.45) is 0 Å². The molecular formula is C10H6BrN3O. The monoisotopic (exact) mass is 263 g/mol. The Hall–Kier alpha value is -1.80. The normalized spacial score (nSPS) is 9.40. The summed E-state index contributed by atoms with van der Waals surface area (Å²) in [5.41, 5.74) is 1.57. The molecule has 0 unspecified atom stereocenters. The molecule has 1 amide bonds. The van der Waals surface area contributed by atoms with Crippen molar-refractivity contribution in [2.45, 2.75) is 0 Å². The van der Waals surface area contributed by atoms with Crippen LogP contribution in [0.5, 0.6) is 0 Å². The fourth-order valence-electron chi connectivity index (χ4n) is 1.27. The third kappa shape index (κ3) is 2.00. The van der Waals surface area contributed by atoms with Crippen LogP contribution in [0.2, 0.25) is 0 Å². The Morgan fingerprint density at radius 2 is 2.40 bits per heavy atom. The third-order valence-corrected chi connectivity index (χ3v) is 2.09. The maximum atomic E-state index is 11.2. The zero-order chi connectivity index (χ0) is 10.7. The van der Waals surface area contributed by atoms with Crippen molar-refractivity contribution in [3.05, 3.63) is 24.4 Å². The van der Waals surface area contributed by atoms with Crippen molar-refractivity contribution in [3.8, 4) is 10.8 Å².